The van der Waals surface area contributed by atoms with Crippen LogP contribution >= 0.6 is 11.3 Å². The zero-order valence-corrected chi connectivity index (χ0v) is 9.42. The zero-order chi connectivity index (χ0) is 10.5. The fraction of sp³-hybridized carbons (Fsp3) is 0.273. The van der Waals surface area contributed by atoms with Gasteiger partial charge in [-0.15, -0.1) is 11.3 Å². The molecule has 0 amide bonds. The lowest BCUT2D eigenvalue weighted by molar-refractivity contribution is 0.680. The third-order valence-electron chi connectivity index (χ3n) is 2.02. The van der Waals surface area contributed by atoms with Crippen LogP contribution in [0, 0.1) is 6.92 Å². The van der Waals surface area contributed by atoms with E-state index < -0.39 is 0 Å². The number of rotatable bonds is 4. The van der Waals surface area contributed by atoms with Crippen LogP contribution < -0.4 is 5.32 Å². The van der Waals surface area contributed by atoms with E-state index in [2.05, 4.69) is 26.7 Å². The SMILES string of the molecule is Cc1nc(CNCc2cccnc2)cs1. The van der Waals surface area contributed by atoms with E-state index in [1.54, 1.807) is 17.5 Å². The normalized spacial score (nSPS) is 10.5. The molecule has 0 saturated carbocycles. The van der Waals surface area contributed by atoms with E-state index in [1.807, 2.05) is 19.2 Å². The molecular formula is C11H13N3S. The summed E-state index contributed by atoms with van der Waals surface area (Å²) in [4.78, 5) is 8.44. The molecule has 0 aliphatic heterocycles. The quantitative estimate of drug-likeness (QED) is 0.856. The molecule has 0 aliphatic rings. The number of nitrogens with one attached hydrogen (secondary N) is 1. The fourth-order valence-corrected chi connectivity index (χ4v) is 1.94. The molecule has 0 atom stereocenters. The summed E-state index contributed by atoms with van der Waals surface area (Å²) in [5, 5.41) is 6.54. The summed E-state index contributed by atoms with van der Waals surface area (Å²) in [7, 11) is 0. The van der Waals surface area contributed by atoms with Crippen LogP contribution in [0.1, 0.15) is 16.3 Å². The van der Waals surface area contributed by atoms with Crippen molar-refractivity contribution in [2.45, 2.75) is 20.0 Å². The van der Waals surface area contributed by atoms with E-state index in [-0.39, 0.29) is 0 Å². The second kappa shape index (κ2) is 5.00. The Morgan fingerprint density at radius 1 is 1.40 bits per heavy atom. The van der Waals surface area contributed by atoms with Crippen LogP contribution in [-0.4, -0.2) is 9.97 Å². The third kappa shape index (κ3) is 3.11. The number of thiazole rings is 1. The minimum absolute atomic E-state index is 0.819. The molecule has 0 saturated heterocycles. The first kappa shape index (κ1) is 10.3. The van der Waals surface area contributed by atoms with Crippen molar-refractivity contribution < 1.29 is 0 Å². The highest BCUT2D eigenvalue weighted by atomic mass is 32.1. The first-order chi connectivity index (χ1) is 7.34. The Labute approximate surface area is 93.2 Å². The zero-order valence-electron chi connectivity index (χ0n) is 8.60. The smallest absolute Gasteiger partial charge is 0.0897 e. The Morgan fingerprint density at radius 3 is 3.00 bits per heavy atom. The maximum absolute atomic E-state index is 4.38. The summed E-state index contributed by atoms with van der Waals surface area (Å²) in [5.41, 5.74) is 2.31. The van der Waals surface area contributed by atoms with Crippen LogP contribution in [0.15, 0.2) is 29.9 Å². The van der Waals surface area contributed by atoms with Crippen molar-refractivity contribution in [2.75, 3.05) is 0 Å². The Balaban J connectivity index is 1.80. The molecule has 0 fully saturated rings. The van der Waals surface area contributed by atoms with Gasteiger partial charge in [0.1, 0.15) is 0 Å². The molecule has 0 aromatic carbocycles. The van der Waals surface area contributed by atoms with Gasteiger partial charge in [0.2, 0.25) is 0 Å². The summed E-state index contributed by atoms with van der Waals surface area (Å²) < 4.78 is 0. The molecule has 2 aromatic rings. The van der Waals surface area contributed by atoms with Gasteiger partial charge in [0.05, 0.1) is 10.7 Å². The van der Waals surface area contributed by atoms with E-state index in [1.165, 1.54) is 5.56 Å². The summed E-state index contributed by atoms with van der Waals surface area (Å²) in [5.74, 6) is 0. The topological polar surface area (TPSA) is 37.8 Å². The summed E-state index contributed by atoms with van der Waals surface area (Å²) in [6.45, 7) is 3.68. The van der Waals surface area contributed by atoms with Gasteiger partial charge in [0.15, 0.2) is 0 Å². The lowest BCUT2D eigenvalue weighted by Gasteiger charge is -2.01. The second-order valence-electron chi connectivity index (χ2n) is 3.32. The molecule has 2 rings (SSSR count). The number of pyridine rings is 1. The molecule has 0 spiro atoms. The maximum Gasteiger partial charge on any atom is 0.0897 e. The van der Waals surface area contributed by atoms with Crippen LogP contribution in [0.3, 0.4) is 0 Å². The molecule has 0 unspecified atom stereocenters. The van der Waals surface area contributed by atoms with Crippen molar-refractivity contribution in [2.24, 2.45) is 0 Å². The Kier molecular flexibility index (Phi) is 3.42. The van der Waals surface area contributed by atoms with Crippen LogP contribution in [0.5, 0.6) is 0 Å². The molecule has 0 aliphatic carbocycles. The minimum atomic E-state index is 0.819. The van der Waals surface area contributed by atoms with Gasteiger partial charge in [0, 0.05) is 30.9 Å². The molecular weight excluding hydrogens is 206 g/mol. The summed E-state index contributed by atoms with van der Waals surface area (Å²) >= 11 is 1.69. The van der Waals surface area contributed by atoms with Crippen LogP contribution in [-0.2, 0) is 13.1 Å². The van der Waals surface area contributed by atoms with Crippen LogP contribution in [0.25, 0.3) is 0 Å². The summed E-state index contributed by atoms with van der Waals surface area (Å²) in [6.07, 6.45) is 3.66. The van der Waals surface area contributed by atoms with Gasteiger partial charge < -0.3 is 5.32 Å². The monoisotopic (exact) mass is 219 g/mol. The Hall–Kier alpha value is -1.26. The number of hydrogen-bond acceptors (Lipinski definition) is 4. The van der Waals surface area contributed by atoms with E-state index in [9.17, 15) is 0 Å². The first-order valence-electron chi connectivity index (χ1n) is 4.85. The molecule has 4 heteroatoms. The van der Waals surface area contributed by atoms with Gasteiger partial charge in [0.25, 0.3) is 0 Å². The molecule has 15 heavy (non-hydrogen) atoms. The fourth-order valence-electron chi connectivity index (χ4n) is 1.33. The highest BCUT2D eigenvalue weighted by molar-refractivity contribution is 7.09. The highest BCUT2D eigenvalue weighted by Crippen LogP contribution is 2.07. The average molecular weight is 219 g/mol. The second-order valence-corrected chi connectivity index (χ2v) is 4.38. The average Bonchev–Trinajstić information content (AvgIpc) is 2.66. The maximum atomic E-state index is 4.38. The number of hydrogen-bond donors (Lipinski definition) is 1. The van der Waals surface area contributed by atoms with Crippen molar-refractivity contribution in [3.63, 3.8) is 0 Å². The van der Waals surface area contributed by atoms with Gasteiger partial charge in [-0.2, -0.15) is 0 Å². The first-order valence-corrected chi connectivity index (χ1v) is 5.73. The van der Waals surface area contributed by atoms with Crippen LogP contribution in [0.4, 0.5) is 0 Å². The molecule has 0 radical (unpaired) electrons. The molecule has 3 nitrogen and oxygen atoms in total. The molecule has 2 aromatic heterocycles. The largest absolute Gasteiger partial charge is 0.307 e. The minimum Gasteiger partial charge on any atom is -0.307 e. The van der Waals surface area contributed by atoms with Crippen molar-refractivity contribution in [3.8, 4) is 0 Å². The molecule has 78 valence electrons. The van der Waals surface area contributed by atoms with Crippen molar-refractivity contribution in [1.82, 2.24) is 15.3 Å². The van der Waals surface area contributed by atoms with Gasteiger partial charge in [-0.05, 0) is 18.6 Å². The number of aromatic nitrogens is 2. The van der Waals surface area contributed by atoms with Gasteiger partial charge in [-0.1, -0.05) is 6.07 Å². The number of nitrogens with zero attached hydrogens (tertiary/aromatic N) is 2. The predicted molar refractivity (Wildman–Crippen MR) is 61.6 cm³/mol. The lowest BCUT2D eigenvalue weighted by Crippen LogP contribution is -2.12. The van der Waals surface area contributed by atoms with Crippen molar-refractivity contribution >= 4 is 11.3 Å². The van der Waals surface area contributed by atoms with Crippen molar-refractivity contribution in [1.29, 1.82) is 0 Å². The van der Waals surface area contributed by atoms with E-state index in [0.29, 0.717) is 0 Å². The lowest BCUT2D eigenvalue weighted by atomic mass is 10.3. The predicted octanol–water partition coefficient (Wildman–Crippen LogP) is 2.14. The number of aryl methyl sites for hydroxylation is 1. The van der Waals surface area contributed by atoms with Crippen molar-refractivity contribution in [3.05, 3.63) is 46.2 Å². The molecule has 2 heterocycles. The Bertz CT molecular complexity index is 411. The van der Waals surface area contributed by atoms with Gasteiger partial charge in [-0.25, -0.2) is 4.98 Å². The van der Waals surface area contributed by atoms with E-state index in [4.69, 9.17) is 0 Å². The highest BCUT2D eigenvalue weighted by Gasteiger charge is 1.97. The van der Waals surface area contributed by atoms with Gasteiger partial charge in [-0.3, -0.25) is 4.98 Å². The standard InChI is InChI=1S/C11H13N3S/c1-9-14-11(8-15-9)7-13-6-10-3-2-4-12-5-10/h2-5,8,13H,6-7H2,1H3. The van der Waals surface area contributed by atoms with Gasteiger partial charge >= 0.3 is 0 Å². The van der Waals surface area contributed by atoms with Crippen LogP contribution in [0.2, 0.25) is 0 Å². The van der Waals surface area contributed by atoms with E-state index >= 15 is 0 Å². The Morgan fingerprint density at radius 2 is 2.33 bits per heavy atom. The summed E-state index contributed by atoms with van der Waals surface area (Å²) in [6, 6.07) is 4.01. The molecule has 0 bridgehead atoms. The van der Waals surface area contributed by atoms with E-state index in [0.717, 1.165) is 23.8 Å². The third-order valence-corrected chi connectivity index (χ3v) is 2.85. The molecule has 1 N–H and O–H groups in total.